The molecule has 0 heterocycles. The molecule has 1 aromatic carbocycles. The van der Waals surface area contributed by atoms with Gasteiger partial charge in [-0.15, -0.1) is 0 Å². The largest absolute Gasteiger partial charge is 0.508 e. The summed E-state index contributed by atoms with van der Waals surface area (Å²) < 4.78 is 1.02. The third kappa shape index (κ3) is 3.39. The molecule has 1 N–H and O–H groups in total. The van der Waals surface area contributed by atoms with Gasteiger partial charge in [0.15, 0.2) is 0 Å². The summed E-state index contributed by atoms with van der Waals surface area (Å²) in [5, 5.41) is 9.58. The van der Waals surface area contributed by atoms with E-state index in [1.165, 1.54) is 0 Å². The first-order chi connectivity index (χ1) is 5.88. The molecule has 72 valence electrons. The first kappa shape index (κ1) is 10.6. The van der Waals surface area contributed by atoms with Crippen LogP contribution in [0.4, 0.5) is 0 Å². The molecule has 13 heavy (non-hydrogen) atoms. The van der Waals surface area contributed by atoms with Gasteiger partial charge in [0.1, 0.15) is 5.75 Å². The lowest BCUT2D eigenvalue weighted by Crippen LogP contribution is -2.09. The molecule has 0 saturated carbocycles. The fourth-order valence-electron chi connectivity index (χ4n) is 1.27. The Morgan fingerprint density at radius 2 is 1.92 bits per heavy atom. The van der Waals surface area contributed by atoms with E-state index in [2.05, 4.69) is 36.7 Å². The van der Waals surface area contributed by atoms with Crippen molar-refractivity contribution in [3.05, 3.63) is 28.2 Å². The van der Waals surface area contributed by atoms with E-state index in [-0.39, 0.29) is 5.41 Å². The molecule has 0 fully saturated rings. The average Bonchev–Trinajstić information content (AvgIpc) is 1.94. The second-order valence-corrected chi connectivity index (χ2v) is 5.43. The maximum absolute atomic E-state index is 9.58. The van der Waals surface area contributed by atoms with Gasteiger partial charge in [0.2, 0.25) is 0 Å². The molecular formula is C11H15BrO. The molecule has 2 heteroatoms. The summed E-state index contributed by atoms with van der Waals surface area (Å²) in [6.07, 6.45) is 0.887. The van der Waals surface area contributed by atoms with E-state index in [4.69, 9.17) is 0 Å². The standard InChI is InChI=1S/C11H15BrO/c1-11(2,3)7-8-6-9(12)4-5-10(8)13/h4-6,13H,7H2,1-3H3. The highest BCUT2D eigenvalue weighted by Crippen LogP contribution is 2.28. The van der Waals surface area contributed by atoms with Crippen molar-refractivity contribution >= 4 is 15.9 Å². The van der Waals surface area contributed by atoms with Crippen LogP contribution >= 0.6 is 15.9 Å². The molecule has 0 aliphatic rings. The second kappa shape index (κ2) is 3.70. The summed E-state index contributed by atoms with van der Waals surface area (Å²) in [6, 6.07) is 5.55. The lowest BCUT2D eigenvalue weighted by Gasteiger charge is -2.18. The van der Waals surface area contributed by atoms with Gasteiger partial charge in [-0.3, -0.25) is 0 Å². The van der Waals surface area contributed by atoms with Gasteiger partial charge in [0, 0.05) is 4.47 Å². The molecule has 0 aromatic heterocycles. The van der Waals surface area contributed by atoms with Crippen LogP contribution in [0.5, 0.6) is 5.75 Å². The number of benzene rings is 1. The van der Waals surface area contributed by atoms with Crippen LogP contribution in [0.2, 0.25) is 0 Å². The number of hydrogen-bond acceptors (Lipinski definition) is 1. The minimum Gasteiger partial charge on any atom is -0.508 e. The third-order valence-corrected chi connectivity index (χ3v) is 2.26. The smallest absolute Gasteiger partial charge is 0.118 e. The molecular weight excluding hydrogens is 228 g/mol. The van der Waals surface area contributed by atoms with Gasteiger partial charge in [0.25, 0.3) is 0 Å². The van der Waals surface area contributed by atoms with E-state index in [1.807, 2.05) is 12.1 Å². The Balaban J connectivity index is 2.94. The summed E-state index contributed by atoms with van der Waals surface area (Å²) in [5.41, 5.74) is 1.21. The van der Waals surface area contributed by atoms with Crippen LogP contribution in [-0.2, 0) is 6.42 Å². The molecule has 0 bridgehead atoms. The molecule has 0 amide bonds. The first-order valence-corrected chi connectivity index (χ1v) is 5.15. The minimum absolute atomic E-state index is 0.207. The first-order valence-electron chi connectivity index (χ1n) is 4.36. The van der Waals surface area contributed by atoms with E-state index in [9.17, 15) is 5.11 Å². The summed E-state index contributed by atoms with van der Waals surface area (Å²) in [6.45, 7) is 6.48. The van der Waals surface area contributed by atoms with Crippen molar-refractivity contribution < 1.29 is 5.11 Å². The number of phenols is 1. The Morgan fingerprint density at radius 1 is 1.31 bits per heavy atom. The monoisotopic (exact) mass is 242 g/mol. The molecule has 0 radical (unpaired) electrons. The highest BCUT2D eigenvalue weighted by Gasteiger charge is 2.13. The van der Waals surface area contributed by atoms with Crippen LogP contribution in [0.1, 0.15) is 26.3 Å². The average molecular weight is 243 g/mol. The molecule has 0 aliphatic heterocycles. The Hall–Kier alpha value is -0.500. The molecule has 0 saturated heterocycles. The van der Waals surface area contributed by atoms with Gasteiger partial charge in [-0.25, -0.2) is 0 Å². The summed E-state index contributed by atoms with van der Waals surface area (Å²) in [7, 11) is 0. The van der Waals surface area contributed by atoms with Gasteiger partial charge < -0.3 is 5.11 Å². The van der Waals surface area contributed by atoms with E-state index < -0.39 is 0 Å². The molecule has 1 aromatic rings. The van der Waals surface area contributed by atoms with Gasteiger partial charge in [-0.05, 0) is 35.6 Å². The lowest BCUT2D eigenvalue weighted by atomic mass is 9.88. The van der Waals surface area contributed by atoms with Crippen molar-refractivity contribution in [1.29, 1.82) is 0 Å². The Bertz CT molecular complexity index is 299. The van der Waals surface area contributed by atoms with Crippen molar-refractivity contribution in [2.45, 2.75) is 27.2 Å². The Kier molecular flexibility index (Phi) is 3.01. The molecule has 0 spiro atoms. The van der Waals surface area contributed by atoms with Crippen molar-refractivity contribution in [1.82, 2.24) is 0 Å². The topological polar surface area (TPSA) is 20.2 Å². The van der Waals surface area contributed by atoms with Crippen LogP contribution in [-0.4, -0.2) is 5.11 Å². The molecule has 0 unspecified atom stereocenters. The van der Waals surface area contributed by atoms with E-state index in [0.29, 0.717) is 5.75 Å². The van der Waals surface area contributed by atoms with Crippen molar-refractivity contribution in [3.63, 3.8) is 0 Å². The zero-order chi connectivity index (χ0) is 10.1. The summed E-state index contributed by atoms with van der Waals surface area (Å²) in [5.74, 6) is 0.387. The highest BCUT2D eigenvalue weighted by molar-refractivity contribution is 9.10. The zero-order valence-electron chi connectivity index (χ0n) is 8.26. The summed E-state index contributed by atoms with van der Waals surface area (Å²) >= 11 is 3.39. The van der Waals surface area contributed by atoms with Gasteiger partial charge in [-0.2, -0.15) is 0 Å². The van der Waals surface area contributed by atoms with Crippen molar-refractivity contribution in [3.8, 4) is 5.75 Å². The fraction of sp³-hybridized carbons (Fsp3) is 0.455. The van der Waals surface area contributed by atoms with Crippen LogP contribution in [0.25, 0.3) is 0 Å². The molecule has 0 atom stereocenters. The van der Waals surface area contributed by atoms with Crippen LogP contribution < -0.4 is 0 Å². The Morgan fingerprint density at radius 3 is 2.46 bits per heavy atom. The van der Waals surface area contributed by atoms with Crippen LogP contribution in [0.3, 0.4) is 0 Å². The normalized spacial score (nSPS) is 11.7. The predicted molar refractivity (Wildman–Crippen MR) is 59.0 cm³/mol. The number of halogens is 1. The number of aromatic hydroxyl groups is 1. The van der Waals surface area contributed by atoms with Gasteiger partial charge >= 0.3 is 0 Å². The number of phenolic OH excluding ortho intramolecular Hbond substituents is 1. The SMILES string of the molecule is CC(C)(C)Cc1cc(Br)ccc1O. The summed E-state index contributed by atoms with van der Waals surface area (Å²) in [4.78, 5) is 0. The molecule has 1 rings (SSSR count). The van der Waals surface area contributed by atoms with E-state index in [1.54, 1.807) is 6.07 Å². The maximum Gasteiger partial charge on any atom is 0.118 e. The Labute approximate surface area is 87.9 Å². The second-order valence-electron chi connectivity index (χ2n) is 4.51. The number of rotatable bonds is 1. The molecule has 0 aliphatic carbocycles. The van der Waals surface area contributed by atoms with Crippen LogP contribution in [0, 0.1) is 5.41 Å². The van der Waals surface area contributed by atoms with E-state index in [0.717, 1.165) is 16.5 Å². The van der Waals surface area contributed by atoms with Gasteiger partial charge in [-0.1, -0.05) is 36.7 Å². The van der Waals surface area contributed by atoms with Crippen molar-refractivity contribution in [2.75, 3.05) is 0 Å². The van der Waals surface area contributed by atoms with E-state index >= 15 is 0 Å². The maximum atomic E-state index is 9.58. The predicted octanol–water partition coefficient (Wildman–Crippen LogP) is 3.74. The zero-order valence-corrected chi connectivity index (χ0v) is 9.85. The highest BCUT2D eigenvalue weighted by atomic mass is 79.9. The minimum atomic E-state index is 0.207. The van der Waals surface area contributed by atoms with Gasteiger partial charge in [0.05, 0.1) is 0 Å². The lowest BCUT2D eigenvalue weighted by molar-refractivity contribution is 0.394. The van der Waals surface area contributed by atoms with Crippen molar-refractivity contribution in [2.24, 2.45) is 5.41 Å². The number of hydrogen-bond donors (Lipinski definition) is 1. The quantitative estimate of drug-likeness (QED) is 0.796. The third-order valence-electron chi connectivity index (χ3n) is 1.76. The molecule has 1 nitrogen and oxygen atoms in total. The fourth-order valence-corrected chi connectivity index (χ4v) is 1.68. The van der Waals surface area contributed by atoms with Crippen LogP contribution in [0.15, 0.2) is 22.7 Å².